The Morgan fingerprint density at radius 3 is 2.60 bits per heavy atom. The molecule has 2 aromatic heterocycles. The van der Waals surface area contributed by atoms with E-state index in [1.807, 2.05) is 59.1 Å². The van der Waals surface area contributed by atoms with Crippen molar-refractivity contribution in [1.29, 1.82) is 0 Å². The van der Waals surface area contributed by atoms with Crippen molar-refractivity contribution in [3.8, 4) is 11.5 Å². The molecule has 0 saturated carbocycles. The molecular weight excluding hydrogens is 316 g/mol. The quantitative estimate of drug-likeness (QED) is 0.575. The van der Waals surface area contributed by atoms with E-state index in [-0.39, 0.29) is 5.56 Å². The second kappa shape index (κ2) is 6.02. The molecular formula is C20H18N2O3. The first kappa shape index (κ1) is 15.3. The number of hydrogen-bond acceptors (Lipinski definition) is 3. The Kier molecular flexibility index (Phi) is 3.69. The zero-order valence-electron chi connectivity index (χ0n) is 14.1. The predicted molar refractivity (Wildman–Crippen MR) is 97.5 cm³/mol. The van der Waals surface area contributed by atoms with Crippen LogP contribution in [0.1, 0.15) is 5.56 Å². The van der Waals surface area contributed by atoms with Crippen LogP contribution in [0.25, 0.3) is 16.4 Å². The molecule has 2 aromatic carbocycles. The molecule has 0 aliphatic carbocycles. The summed E-state index contributed by atoms with van der Waals surface area (Å²) >= 11 is 0. The maximum absolute atomic E-state index is 12.4. The van der Waals surface area contributed by atoms with Crippen LogP contribution < -0.4 is 15.0 Å². The third kappa shape index (κ3) is 2.54. The second-order valence-electron chi connectivity index (χ2n) is 5.92. The Morgan fingerprint density at radius 2 is 1.84 bits per heavy atom. The number of methoxy groups -OCH3 is 1. The molecule has 4 aromatic rings. The smallest absolute Gasteiger partial charge is 0.274 e. The van der Waals surface area contributed by atoms with Crippen molar-refractivity contribution in [2.24, 2.45) is 7.05 Å². The first-order valence-corrected chi connectivity index (χ1v) is 8.03. The molecule has 4 rings (SSSR count). The van der Waals surface area contributed by atoms with Gasteiger partial charge in [0.15, 0.2) is 11.5 Å². The molecule has 0 unspecified atom stereocenters. The number of fused-ring (bicyclic) bond motifs is 3. The van der Waals surface area contributed by atoms with Crippen molar-refractivity contribution < 1.29 is 9.47 Å². The van der Waals surface area contributed by atoms with Crippen LogP contribution >= 0.6 is 0 Å². The van der Waals surface area contributed by atoms with Gasteiger partial charge in [0.2, 0.25) is 0 Å². The summed E-state index contributed by atoms with van der Waals surface area (Å²) in [6.07, 6.45) is 3.61. The summed E-state index contributed by atoms with van der Waals surface area (Å²) in [5.74, 6) is 1.28. The van der Waals surface area contributed by atoms with Gasteiger partial charge >= 0.3 is 0 Å². The molecule has 0 saturated heterocycles. The van der Waals surface area contributed by atoms with Crippen molar-refractivity contribution in [1.82, 2.24) is 8.97 Å². The summed E-state index contributed by atoms with van der Waals surface area (Å²) in [6, 6.07) is 15.7. The molecule has 0 atom stereocenters. The normalized spacial score (nSPS) is 11.1. The van der Waals surface area contributed by atoms with Crippen molar-refractivity contribution in [2.75, 3.05) is 7.11 Å². The van der Waals surface area contributed by atoms with Gasteiger partial charge in [-0.2, -0.15) is 0 Å². The van der Waals surface area contributed by atoms with Crippen LogP contribution in [0.2, 0.25) is 0 Å². The highest BCUT2D eigenvalue weighted by molar-refractivity contribution is 5.93. The van der Waals surface area contributed by atoms with Gasteiger partial charge in [-0.15, -0.1) is 0 Å². The van der Waals surface area contributed by atoms with Gasteiger partial charge in [-0.3, -0.25) is 4.79 Å². The lowest BCUT2D eigenvalue weighted by Crippen LogP contribution is -2.17. The minimum Gasteiger partial charge on any atom is -0.491 e. The number of ether oxygens (including phenoxy) is 2. The highest BCUT2D eigenvalue weighted by Crippen LogP contribution is 2.37. The van der Waals surface area contributed by atoms with E-state index < -0.39 is 0 Å². The minimum atomic E-state index is -0.0486. The summed E-state index contributed by atoms with van der Waals surface area (Å²) in [7, 11) is 3.36. The molecule has 5 nitrogen and oxygen atoms in total. The van der Waals surface area contributed by atoms with Gasteiger partial charge < -0.3 is 18.4 Å². The van der Waals surface area contributed by atoms with Crippen molar-refractivity contribution in [3.63, 3.8) is 0 Å². The predicted octanol–water partition coefficient (Wildman–Crippen LogP) is 3.38. The average Bonchev–Trinajstić information content (AvgIpc) is 3.03. The van der Waals surface area contributed by atoms with Crippen LogP contribution in [-0.2, 0) is 13.7 Å². The van der Waals surface area contributed by atoms with E-state index in [4.69, 9.17) is 9.47 Å². The highest BCUT2D eigenvalue weighted by atomic mass is 16.5. The van der Waals surface area contributed by atoms with Gasteiger partial charge in [0.25, 0.3) is 5.56 Å². The van der Waals surface area contributed by atoms with E-state index in [0.29, 0.717) is 23.6 Å². The van der Waals surface area contributed by atoms with Crippen LogP contribution in [-0.4, -0.2) is 16.1 Å². The molecule has 0 aliphatic rings. The standard InChI is InChI=1S/C20H18N2O3/c1-21-10-11-22-16(20(21)23)12-15-8-9-17(19(24-2)18(15)22)25-13-14-6-4-3-5-7-14/h3-12H,13H2,1-2H3. The minimum absolute atomic E-state index is 0.0486. The molecule has 2 heterocycles. The monoisotopic (exact) mass is 334 g/mol. The lowest BCUT2D eigenvalue weighted by molar-refractivity contribution is 0.286. The summed E-state index contributed by atoms with van der Waals surface area (Å²) in [5.41, 5.74) is 2.48. The van der Waals surface area contributed by atoms with Crippen molar-refractivity contribution >= 4 is 16.4 Å². The number of aromatic nitrogens is 2. The fraction of sp³-hybridized carbons (Fsp3) is 0.150. The van der Waals surface area contributed by atoms with E-state index >= 15 is 0 Å². The van der Waals surface area contributed by atoms with Crippen LogP contribution in [0.3, 0.4) is 0 Å². The Hall–Kier alpha value is -3.21. The van der Waals surface area contributed by atoms with Crippen LogP contribution in [0.4, 0.5) is 0 Å². The molecule has 0 N–H and O–H groups in total. The maximum Gasteiger partial charge on any atom is 0.274 e. The Bertz CT molecular complexity index is 1110. The van der Waals surface area contributed by atoms with Crippen LogP contribution in [0, 0.1) is 0 Å². The molecule has 25 heavy (non-hydrogen) atoms. The number of hydrogen-bond donors (Lipinski definition) is 0. The van der Waals surface area contributed by atoms with E-state index in [2.05, 4.69) is 0 Å². The Labute approximate surface area is 144 Å². The molecule has 0 fully saturated rings. The zero-order valence-corrected chi connectivity index (χ0v) is 14.1. The summed E-state index contributed by atoms with van der Waals surface area (Å²) in [5, 5.41) is 0.937. The SMILES string of the molecule is COc1c(OCc2ccccc2)ccc2cc3c(=O)n(C)ccn3c12. The summed E-state index contributed by atoms with van der Waals surface area (Å²) in [6.45, 7) is 0.452. The van der Waals surface area contributed by atoms with E-state index in [1.165, 1.54) is 0 Å². The first-order valence-electron chi connectivity index (χ1n) is 8.03. The summed E-state index contributed by atoms with van der Waals surface area (Å²) < 4.78 is 15.0. The first-order chi connectivity index (χ1) is 12.2. The van der Waals surface area contributed by atoms with Crippen molar-refractivity contribution in [2.45, 2.75) is 6.61 Å². The summed E-state index contributed by atoms with van der Waals surface area (Å²) in [4.78, 5) is 12.4. The second-order valence-corrected chi connectivity index (χ2v) is 5.92. The molecule has 0 aliphatic heterocycles. The van der Waals surface area contributed by atoms with Gasteiger partial charge in [-0.05, 0) is 23.8 Å². The Balaban J connectivity index is 1.84. The van der Waals surface area contributed by atoms with Crippen LogP contribution in [0.15, 0.2) is 65.7 Å². The van der Waals surface area contributed by atoms with Gasteiger partial charge in [0.1, 0.15) is 12.1 Å². The molecule has 0 amide bonds. The van der Waals surface area contributed by atoms with Gasteiger partial charge in [-0.25, -0.2) is 0 Å². The lowest BCUT2D eigenvalue weighted by atomic mass is 10.2. The molecule has 5 heteroatoms. The fourth-order valence-electron chi connectivity index (χ4n) is 3.05. The number of benzene rings is 2. The average molecular weight is 334 g/mol. The lowest BCUT2D eigenvalue weighted by Gasteiger charge is -2.12. The molecule has 0 radical (unpaired) electrons. The molecule has 126 valence electrons. The van der Waals surface area contributed by atoms with Gasteiger partial charge in [-0.1, -0.05) is 30.3 Å². The zero-order chi connectivity index (χ0) is 17.4. The topological polar surface area (TPSA) is 44.9 Å². The van der Waals surface area contributed by atoms with Gasteiger partial charge in [0.05, 0.1) is 12.6 Å². The van der Waals surface area contributed by atoms with Gasteiger partial charge in [0, 0.05) is 24.8 Å². The molecule has 0 bridgehead atoms. The van der Waals surface area contributed by atoms with Crippen molar-refractivity contribution in [3.05, 3.63) is 76.8 Å². The van der Waals surface area contributed by atoms with E-state index in [0.717, 1.165) is 16.5 Å². The number of aryl methyl sites for hydroxylation is 1. The van der Waals surface area contributed by atoms with E-state index in [1.54, 1.807) is 24.9 Å². The Morgan fingerprint density at radius 1 is 1.04 bits per heavy atom. The fourth-order valence-corrected chi connectivity index (χ4v) is 3.05. The van der Waals surface area contributed by atoms with Crippen LogP contribution in [0.5, 0.6) is 11.5 Å². The van der Waals surface area contributed by atoms with E-state index in [9.17, 15) is 4.79 Å². The third-order valence-electron chi connectivity index (χ3n) is 4.34. The number of nitrogens with zero attached hydrogens (tertiary/aromatic N) is 2. The number of rotatable bonds is 4. The highest BCUT2D eigenvalue weighted by Gasteiger charge is 2.15. The largest absolute Gasteiger partial charge is 0.491 e. The third-order valence-corrected chi connectivity index (χ3v) is 4.34. The maximum atomic E-state index is 12.4. The molecule has 0 spiro atoms.